The van der Waals surface area contributed by atoms with Gasteiger partial charge < -0.3 is 27.0 Å². The third-order valence-corrected chi connectivity index (χ3v) is 5.79. The molecule has 2 atom stereocenters. The Bertz CT molecular complexity index is 1000. The van der Waals surface area contributed by atoms with Gasteiger partial charge in [-0.2, -0.15) is 0 Å². The van der Waals surface area contributed by atoms with E-state index in [4.69, 9.17) is 11.5 Å². The molecule has 3 rings (SSSR count). The van der Waals surface area contributed by atoms with Crippen molar-refractivity contribution in [2.45, 2.75) is 33.5 Å². The lowest BCUT2D eigenvalue weighted by Crippen LogP contribution is -2.44. The third-order valence-electron chi connectivity index (χ3n) is 5.79. The fourth-order valence-electron chi connectivity index (χ4n) is 3.66. The molecule has 2 aromatic carbocycles. The number of nitrogen functional groups attached to an aromatic ring is 1. The Balaban J connectivity index is 1.76. The average molecular weight is 430 g/mol. The fraction of sp³-hybridized carbons (Fsp3) is 0.259. The van der Waals surface area contributed by atoms with Gasteiger partial charge in [-0.15, -0.1) is 0 Å². The number of hydrogen-bond donors (Lipinski definition) is 4. The minimum atomic E-state index is 0.0487. The standard InChI is InChI=1S/C27H35N5/c1-20-9-5-4-8-16-32(27(22(20)3)31-26-11-7-6-10-21(26)2)19-25(29)18-30-17-23-12-14-24(28)15-13-23/h4-16,18,22,27,30-31H,17,19,28-29H2,1-3H3/b5-4-,16-8+,20-9+,25-18-. The maximum atomic E-state index is 6.43. The van der Waals surface area contributed by atoms with E-state index in [2.05, 4.69) is 91.1 Å². The van der Waals surface area contributed by atoms with Gasteiger partial charge in [-0.05, 0) is 49.2 Å². The van der Waals surface area contributed by atoms with Crippen molar-refractivity contribution in [3.63, 3.8) is 0 Å². The lowest BCUT2D eigenvalue weighted by atomic mass is 9.97. The summed E-state index contributed by atoms with van der Waals surface area (Å²) >= 11 is 0. The molecule has 0 radical (unpaired) electrons. The molecule has 0 bridgehead atoms. The molecule has 2 aromatic rings. The van der Waals surface area contributed by atoms with Gasteiger partial charge in [0.05, 0.1) is 6.54 Å². The summed E-state index contributed by atoms with van der Waals surface area (Å²) in [4.78, 5) is 2.26. The zero-order valence-electron chi connectivity index (χ0n) is 19.3. The van der Waals surface area contributed by atoms with Crippen molar-refractivity contribution in [3.8, 4) is 0 Å². The van der Waals surface area contributed by atoms with Crippen LogP contribution >= 0.6 is 0 Å². The first kappa shape index (κ1) is 23.1. The second kappa shape index (κ2) is 11.1. The Morgan fingerprint density at radius 2 is 1.78 bits per heavy atom. The second-order valence-corrected chi connectivity index (χ2v) is 8.34. The number of rotatable bonds is 7. The topological polar surface area (TPSA) is 79.3 Å². The molecule has 0 saturated heterocycles. The number of nitrogens with two attached hydrogens (primary N) is 2. The minimum Gasteiger partial charge on any atom is -0.399 e. The normalized spacial score (nSPS) is 22.7. The molecule has 0 fully saturated rings. The van der Waals surface area contributed by atoms with E-state index in [9.17, 15) is 0 Å². The molecule has 2 unspecified atom stereocenters. The molecule has 0 aliphatic carbocycles. The molecule has 0 amide bonds. The zero-order valence-corrected chi connectivity index (χ0v) is 19.3. The van der Waals surface area contributed by atoms with Gasteiger partial charge in [-0.1, -0.05) is 61.1 Å². The van der Waals surface area contributed by atoms with Crippen LogP contribution in [-0.2, 0) is 6.54 Å². The van der Waals surface area contributed by atoms with Gasteiger partial charge in [-0.25, -0.2) is 0 Å². The summed E-state index contributed by atoms with van der Waals surface area (Å²) in [7, 11) is 0. The molecule has 5 heteroatoms. The first-order chi connectivity index (χ1) is 15.4. The Morgan fingerprint density at radius 1 is 1.03 bits per heavy atom. The number of nitrogens with one attached hydrogen (secondary N) is 2. The summed E-state index contributed by atoms with van der Waals surface area (Å²) in [6.07, 6.45) is 12.4. The maximum Gasteiger partial charge on any atom is 0.105 e. The summed E-state index contributed by atoms with van der Waals surface area (Å²) in [5, 5.41) is 7.08. The number of benzene rings is 2. The van der Waals surface area contributed by atoms with E-state index in [1.165, 1.54) is 11.1 Å². The van der Waals surface area contributed by atoms with Gasteiger partial charge >= 0.3 is 0 Å². The zero-order chi connectivity index (χ0) is 22.9. The molecule has 0 spiro atoms. The van der Waals surface area contributed by atoms with Crippen LogP contribution in [0.3, 0.4) is 0 Å². The molecule has 5 nitrogen and oxygen atoms in total. The maximum absolute atomic E-state index is 6.43. The SMILES string of the molecule is C\C1=C/C=C\C=C\N(C/C(N)=C/NCc2ccc(N)cc2)C(Nc2ccccc2C)C1C. The van der Waals surface area contributed by atoms with Crippen molar-refractivity contribution in [2.24, 2.45) is 11.7 Å². The average Bonchev–Trinajstić information content (AvgIpc) is 2.83. The van der Waals surface area contributed by atoms with Crippen LogP contribution in [-0.4, -0.2) is 17.6 Å². The van der Waals surface area contributed by atoms with E-state index < -0.39 is 0 Å². The molecule has 6 N–H and O–H groups in total. The summed E-state index contributed by atoms with van der Waals surface area (Å²) in [6, 6.07) is 16.2. The fourth-order valence-corrected chi connectivity index (χ4v) is 3.66. The largest absolute Gasteiger partial charge is 0.399 e. The van der Waals surface area contributed by atoms with Gasteiger partial charge in [0, 0.05) is 41.9 Å². The van der Waals surface area contributed by atoms with Gasteiger partial charge in [0.25, 0.3) is 0 Å². The van der Waals surface area contributed by atoms with E-state index in [0.29, 0.717) is 13.1 Å². The van der Waals surface area contributed by atoms with Gasteiger partial charge in [0.15, 0.2) is 0 Å². The minimum absolute atomic E-state index is 0.0487. The number of para-hydroxylation sites is 1. The van der Waals surface area contributed by atoms with Crippen LogP contribution in [0, 0.1) is 12.8 Å². The van der Waals surface area contributed by atoms with Crippen molar-refractivity contribution in [1.82, 2.24) is 10.2 Å². The number of nitrogens with zero attached hydrogens (tertiary/aromatic N) is 1. The van der Waals surface area contributed by atoms with E-state index in [1.54, 1.807) is 0 Å². The highest BCUT2D eigenvalue weighted by Crippen LogP contribution is 2.25. The predicted molar refractivity (Wildman–Crippen MR) is 136 cm³/mol. The van der Waals surface area contributed by atoms with Gasteiger partial charge in [-0.3, -0.25) is 0 Å². The number of anilines is 2. The van der Waals surface area contributed by atoms with Crippen LogP contribution in [0.4, 0.5) is 11.4 Å². The first-order valence-electron chi connectivity index (χ1n) is 11.1. The first-order valence-corrected chi connectivity index (χ1v) is 11.1. The Labute approximate surface area is 192 Å². The molecular formula is C27H35N5. The Hall–Kier alpha value is -3.60. The molecule has 0 aromatic heterocycles. The van der Waals surface area contributed by atoms with Crippen LogP contribution in [0.1, 0.15) is 25.0 Å². The lowest BCUT2D eigenvalue weighted by Gasteiger charge is -2.37. The third kappa shape index (κ3) is 6.45. The molecule has 1 aliphatic heterocycles. The van der Waals surface area contributed by atoms with E-state index in [-0.39, 0.29) is 12.1 Å². The van der Waals surface area contributed by atoms with Crippen LogP contribution in [0.25, 0.3) is 0 Å². The number of hydrogen-bond acceptors (Lipinski definition) is 5. The van der Waals surface area contributed by atoms with Crippen LogP contribution in [0.15, 0.2) is 96.5 Å². The number of allylic oxidation sites excluding steroid dienone is 4. The van der Waals surface area contributed by atoms with Crippen molar-refractivity contribution >= 4 is 11.4 Å². The highest BCUT2D eigenvalue weighted by atomic mass is 15.3. The molecule has 1 heterocycles. The summed E-state index contributed by atoms with van der Waals surface area (Å²) in [5.74, 6) is 0.276. The van der Waals surface area contributed by atoms with Crippen molar-refractivity contribution in [3.05, 3.63) is 108 Å². The second-order valence-electron chi connectivity index (χ2n) is 8.34. The van der Waals surface area contributed by atoms with Crippen molar-refractivity contribution in [1.29, 1.82) is 0 Å². The van der Waals surface area contributed by atoms with Crippen molar-refractivity contribution in [2.75, 3.05) is 17.6 Å². The van der Waals surface area contributed by atoms with Crippen LogP contribution in [0.2, 0.25) is 0 Å². The molecule has 168 valence electrons. The number of aryl methyl sites for hydroxylation is 1. The Morgan fingerprint density at radius 3 is 2.53 bits per heavy atom. The molecular weight excluding hydrogens is 394 g/mol. The van der Waals surface area contributed by atoms with E-state index in [0.717, 1.165) is 22.6 Å². The molecule has 32 heavy (non-hydrogen) atoms. The smallest absolute Gasteiger partial charge is 0.105 e. The predicted octanol–water partition coefficient (Wildman–Crippen LogP) is 4.87. The summed E-state index contributed by atoms with van der Waals surface area (Å²) < 4.78 is 0. The highest BCUT2D eigenvalue weighted by molar-refractivity contribution is 5.51. The van der Waals surface area contributed by atoms with Gasteiger partial charge in [0.2, 0.25) is 0 Å². The van der Waals surface area contributed by atoms with E-state index >= 15 is 0 Å². The highest BCUT2D eigenvalue weighted by Gasteiger charge is 2.24. The Kier molecular flexibility index (Phi) is 8.03. The van der Waals surface area contributed by atoms with Crippen LogP contribution in [0.5, 0.6) is 0 Å². The summed E-state index contributed by atoms with van der Waals surface area (Å²) in [5.41, 5.74) is 18.5. The van der Waals surface area contributed by atoms with Crippen LogP contribution < -0.4 is 22.1 Å². The van der Waals surface area contributed by atoms with Crippen molar-refractivity contribution < 1.29 is 0 Å². The lowest BCUT2D eigenvalue weighted by molar-refractivity contribution is 0.270. The van der Waals surface area contributed by atoms with E-state index in [1.807, 2.05) is 30.5 Å². The quantitative estimate of drug-likeness (QED) is 0.472. The summed E-state index contributed by atoms with van der Waals surface area (Å²) in [6.45, 7) is 7.85. The molecule has 1 aliphatic rings. The molecule has 0 saturated carbocycles. The van der Waals surface area contributed by atoms with Gasteiger partial charge in [0.1, 0.15) is 6.17 Å². The monoisotopic (exact) mass is 429 g/mol.